The van der Waals surface area contributed by atoms with E-state index in [-0.39, 0.29) is 18.5 Å². The van der Waals surface area contributed by atoms with Gasteiger partial charge in [0.15, 0.2) is 18.1 Å². The molecule has 0 bridgehead atoms. The monoisotopic (exact) mass is 294 g/mol. The minimum Gasteiger partial charge on any atom is -0.489 e. The molecule has 0 amide bonds. The summed E-state index contributed by atoms with van der Waals surface area (Å²) >= 11 is 0. The summed E-state index contributed by atoms with van der Waals surface area (Å²) in [4.78, 5) is 1.34. The van der Waals surface area contributed by atoms with Crippen molar-refractivity contribution >= 4 is 11.9 Å². The Hall–Kier alpha value is -2.32. The molecule has 0 radical (unpaired) electrons. The second-order valence-corrected chi connectivity index (χ2v) is 4.33. The topological polar surface area (TPSA) is 144 Å². The summed E-state index contributed by atoms with van der Waals surface area (Å²) in [6, 6.07) is 9.07. The van der Waals surface area contributed by atoms with Crippen LogP contribution in [0, 0.1) is 10.8 Å². The number of nitrogens with one attached hydrogen (secondary N) is 3. The van der Waals surface area contributed by atoms with Crippen LogP contribution in [-0.4, -0.2) is 47.8 Å². The number of ether oxygens (including phenoxy) is 1. The largest absolute Gasteiger partial charge is 0.489 e. The Morgan fingerprint density at radius 3 is 2.57 bits per heavy atom. The van der Waals surface area contributed by atoms with Crippen LogP contribution in [0.15, 0.2) is 30.3 Å². The van der Waals surface area contributed by atoms with E-state index in [9.17, 15) is 5.11 Å². The van der Waals surface area contributed by atoms with E-state index in [4.69, 9.17) is 27.0 Å². The minimum atomic E-state index is -1.05. The van der Waals surface area contributed by atoms with E-state index in [2.05, 4.69) is 5.32 Å². The summed E-state index contributed by atoms with van der Waals surface area (Å²) in [7, 11) is 0. The molecule has 0 spiro atoms. The number of aliphatic hydroxyl groups excluding tert-OH is 1. The van der Waals surface area contributed by atoms with E-state index < -0.39 is 6.23 Å². The highest BCUT2D eigenvalue weighted by Crippen LogP contribution is 2.09. The number of hydrogen-bond donors (Lipinski definition) is 6. The molecule has 8 heteroatoms. The van der Waals surface area contributed by atoms with Gasteiger partial charge in [0.05, 0.1) is 0 Å². The summed E-state index contributed by atoms with van der Waals surface area (Å²) < 4.78 is 5.45. The lowest BCUT2D eigenvalue weighted by molar-refractivity contribution is 0.0105. The molecule has 21 heavy (non-hydrogen) atoms. The van der Waals surface area contributed by atoms with Gasteiger partial charge in [-0.25, -0.2) is 0 Å². The Morgan fingerprint density at radius 2 is 2.00 bits per heavy atom. The molecule has 0 saturated heterocycles. The fourth-order valence-electron chi connectivity index (χ4n) is 1.65. The lowest BCUT2D eigenvalue weighted by atomic mass is 10.3. The molecule has 1 unspecified atom stereocenters. The van der Waals surface area contributed by atoms with Crippen molar-refractivity contribution in [2.24, 2.45) is 11.5 Å². The Balaban J connectivity index is 2.59. The lowest BCUT2D eigenvalue weighted by Crippen LogP contribution is -2.52. The molecular weight excluding hydrogens is 272 g/mol. The predicted octanol–water partition coefficient (Wildman–Crippen LogP) is -0.548. The van der Waals surface area contributed by atoms with Gasteiger partial charge in [-0.1, -0.05) is 18.2 Å². The minimum absolute atomic E-state index is 0.0173. The number of para-hydroxylation sites is 1. The van der Waals surface area contributed by atoms with E-state index >= 15 is 0 Å². The van der Waals surface area contributed by atoms with Crippen LogP contribution in [0.25, 0.3) is 0 Å². The summed E-state index contributed by atoms with van der Waals surface area (Å²) in [5, 5.41) is 27.4. The van der Waals surface area contributed by atoms with Crippen molar-refractivity contribution < 1.29 is 9.84 Å². The first-order valence-electron chi connectivity index (χ1n) is 6.56. The van der Waals surface area contributed by atoms with Gasteiger partial charge in [-0.3, -0.25) is 16.1 Å². The van der Waals surface area contributed by atoms with Gasteiger partial charge in [-0.15, -0.1) is 0 Å². The van der Waals surface area contributed by atoms with E-state index in [0.717, 1.165) is 0 Å². The first-order valence-corrected chi connectivity index (χ1v) is 6.56. The summed E-state index contributed by atoms with van der Waals surface area (Å²) in [6.07, 6.45) is -0.458. The molecule has 0 heterocycles. The van der Waals surface area contributed by atoms with Crippen molar-refractivity contribution in [3.8, 4) is 5.75 Å². The highest BCUT2D eigenvalue weighted by Gasteiger charge is 2.19. The number of nitrogens with zero attached hydrogens (tertiary/aromatic N) is 1. The molecule has 1 aromatic carbocycles. The highest BCUT2D eigenvalue weighted by atomic mass is 16.5. The molecule has 8 nitrogen and oxygen atoms in total. The molecular formula is C13H22N6O2. The van der Waals surface area contributed by atoms with Crippen LogP contribution in [0.1, 0.15) is 6.42 Å². The average Bonchev–Trinajstić information content (AvgIpc) is 2.46. The Morgan fingerprint density at radius 1 is 1.33 bits per heavy atom. The molecule has 8 N–H and O–H groups in total. The average molecular weight is 294 g/mol. The van der Waals surface area contributed by atoms with Gasteiger partial charge >= 0.3 is 0 Å². The van der Waals surface area contributed by atoms with E-state index in [1.807, 2.05) is 18.2 Å². The van der Waals surface area contributed by atoms with Crippen LogP contribution < -0.4 is 21.5 Å². The Bertz CT molecular complexity index is 453. The first kappa shape index (κ1) is 16.7. The normalized spacial score (nSPS) is 11.5. The number of nitrogens with two attached hydrogens (primary N) is 2. The van der Waals surface area contributed by atoms with E-state index in [1.165, 1.54) is 4.90 Å². The molecule has 0 aliphatic heterocycles. The molecule has 1 aromatic rings. The maximum absolute atomic E-state index is 10.1. The van der Waals surface area contributed by atoms with Gasteiger partial charge in [0.2, 0.25) is 0 Å². The second kappa shape index (κ2) is 8.77. The van der Waals surface area contributed by atoms with Gasteiger partial charge in [0.25, 0.3) is 0 Å². The zero-order valence-corrected chi connectivity index (χ0v) is 11.7. The predicted molar refractivity (Wildman–Crippen MR) is 81.1 cm³/mol. The van der Waals surface area contributed by atoms with Crippen molar-refractivity contribution in [1.29, 1.82) is 10.8 Å². The quantitative estimate of drug-likeness (QED) is 0.226. The van der Waals surface area contributed by atoms with Crippen LogP contribution >= 0.6 is 0 Å². The van der Waals surface area contributed by atoms with Crippen molar-refractivity contribution in [3.63, 3.8) is 0 Å². The molecule has 0 saturated carbocycles. The SMILES string of the molecule is N=C(N)NC(=N)N(CCCN)C(O)COc1ccccc1. The van der Waals surface area contributed by atoms with Crippen molar-refractivity contribution in [2.45, 2.75) is 12.6 Å². The molecule has 1 atom stereocenters. The second-order valence-electron chi connectivity index (χ2n) is 4.33. The van der Waals surface area contributed by atoms with Crippen LogP contribution in [0.2, 0.25) is 0 Å². The summed E-state index contributed by atoms with van der Waals surface area (Å²) in [5.41, 5.74) is 10.6. The molecule has 0 aromatic heterocycles. The van der Waals surface area contributed by atoms with Gasteiger partial charge in [-0.05, 0) is 25.1 Å². The van der Waals surface area contributed by atoms with Gasteiger partial charge in [-0.2, -0.15) is 0 Å². The standard InChI is InChI=1S/C13H22N6O2/c14-7-4-8-19(13(17)18-12(15)16)11(20)9-21-10-5-2-1-3-6-10/h1-3,5-6,11,20H,4,7-9,14H2,(H5,15,16,17,18). The first-order chi connectivity index (χ1) is 10.0. The molecule has 0 fully saturated rings. The fourth-order valence-corrected chi connectivity index (χ4v) is 1.65. The van der Waals surface area contributed by atoms with Gasteiger partial charge < -0.3 is 26.2 Å². The number of guanidine groups is 2. The third kappa shape index (κ3) is 6.11. The maximum atomic E-state index is 10.1. The van der Waals surface area contributed by atoms with Crippen LogP contribution in [0.4, 0.5) is 0 Å². The van der Waals surface area contributed by atoms with Crippen LogP contribution in [-0.2, 0) is 0 Å². The number of benzene rings is 1. The molecule has 116 valence electrons. The highest BCUT2D eigenvalue weighted by molar-refractivity contribution is 5.94. The van der Waals surface area contributed by atoms with Gasteiger partial charge in [0, 0.05) is 6.54 Å². The number of aliphatic hydroxyl groups is 1. The number of hydrogen-bond acceptors (Lipinski definition) is 5. The summed E-state index contributed by atoms with van der Waals surface area (Å²) in [5.74, 6) is 0.0930. The Kier molecular flexibility index (Phi) is 6.99. The molecule has 0 aliphatic carbocycles. The Labute approximate surface area is 123 Å². The summed E-state index contributed by atoms with van der Waals surface area (Å²) in [6.45, 7) is 0.765. The zero-order valence-electron chi connectivity index (χ0n) is 11.7. The van der Waals surface area contributed by atoms with Gasteiger partial charge in [0.1, 0.15) is 12.4 Å². The lowest BCUT2D eigenvalue weighted by Gasteiger charge is -2.29. The third-order valence-electron chi connectivity index (χ3n) is 2.65. The third-order valence-corrected chi connectivity index (χ3v) is 2.65. The smallest absolute Gasteiger partial charge is 0.200 e. The molecule has 1 rings (SSSR count). The van der Waals surface area contributed by atoms with Crippen molar-refractivity contribution in [1.82, 2.24) is 10.2 Å². The van der Waals surface area contributed by atoms with Crippen molar-refractivity contribution in [2.75, 3.05) is 19.7 Å². The zero-order chi connectivity index (χ0) is 15.7. The van der Waals surface area contributed by atoms with E-state index in [1.54, 1.807) is 12.1 Å². The van der Waals surface area contributed by atoms with Crippen LogP contribution in [0.3, 0.4) is 0 Å². The van der Waals surface area contributed by atoms with Crippen LogP contribution in [0.5, 0.6) is 5.75 Å². The maximum Gasteiger partial charge on any atom is 0.200 e. The number of rotatable bonds is 7. The van der Waals surface area contributed by atoms with Crippen molar-refractivity contribution in [3.05, 3.63) is 30.3 Å². The fraction of sp³-hybridized carbons (Fsp3) is 0.385. The molecule has 0 aliphatic rings. The van der Waals surface area contributed by atoms with E-state index in [0.29, 0.717) is 25.3 Å².